The lowest BCUT2D eigenvalue weighted by Crippen LogP contribution is -2.14. The first-order valence-corrected chi connectivity index (χ1v) is 5.63. The monoisotopic (exact) mass is 228 g/mol. The summed E-state index contributed by atoms with van der Waals surface area (Å²) in [7, 11) is 0. The van der Waals surface area contributed by atoms with E-state index >= 15 is 0 Å². The molecule has 0 saturated heterocycles. The van der Waals surface area contributed by atoms with Crippen LogP contribution in [0.25, 0.3) is 0 Å². The van der Waals surface area contributed by atoms with E-state index in [0.717, 1.165) is 24.5 Å². The average Bonchev–Trinajstić information content (AvgIpc) is 2.34. The maximum Gasteiger partial charge on any atom is 0.0724 e. The lowest BCUT2D eigenvalue weighted by Gasteiger charge is -2.06. The molecule has 0 bridgehead atoms. The summed E-state index contributed by atoms with van der Waals surface area (Å²) in [5.74, 6) is 0. The van der Waals surface area contributed by atoms with Crippen molar-refractivity contribution in [3.8, 4) is 0 Å². The molecule has 0 aromatic carbocycles. The van der Waals surface area contributed by atoms with Crippen LogP contribution in [-0.4, -0.2) is 15.0 Å². The van der Waals surface area contributed by atoms with Crippen molar-refractivity contribution in [2.45, 2.75) is 26.9 Å². The van der Waals surface area contributed by atoms with Crippen LogP contribution in [0.1, 0.15) is 22.5 Å². The Morgan fingerprint density at radius 2 is 1.94 bits per heavy atom. The van der Waals surface area contributed by atoms with Crippen LogP contribution in [-0.2, 0) is 13.1 Å². The molecule has 17 heavy (non-hydrogen) atoms. The molecule has 2 rings (SSSR count). The van der Waals surface area contributed by atoms with Crippen LogP contribution in [0.5, 0.6) is 0 Å². The molecule has 0 atom stereocenters. The predicted octanol–water partition coefficient (Wildman–Crippen LogP) is 1.78. The number of nitrogens with zero attached hydrogens (tertiary/aromatic N) is 3. The number of pyridine rings is 1. The summed E-state index contributed by atoms with van der Waals surface area (Å²) in [6, 6.07) is 2.02. The summed E-state index contributed by atoms with van der Waals surface area (Å²) >= 11 is 0. The van der Waals surface area contributed by atoms with Gasteiger partial charge in [0.2, 0.25) is 0 Å². The number of nitrogens with one attached hydrogen (secondary N) is 1. The quantitative estimate of drug-likeness (QED) is 0.866. The van der Waals surface area contributed by atoms with Gasteiger partial charge in [-0.15, -0.1) is 0 Å². The molecule has 0 aliphatic carbocycles. The molecule has 0 unspecified atom stereocenters. The van der Waals surface area contributed by atoms with E-state index in [2.05, 4.69) is 27.2 Å². The first kappa shape index (κ1) is 11.7. The van der Waals surface area contributed by atoms with Crippen molar-refractivity contribution in [1.82, 2.24) is 20.3 Å². The Hall–Kier alpha value is -1.81. The van der Waals surface area contributed by atoms with Gasteiger partial charge in [-0.2, -0.15) is 0 Å². The SMILES string of the molecule is Cc1cnc(CNCc2cnccc2C)cn1. The molecular formula is C13H16N4. The first-order chi connectivity index (χ1) is 8.25. The maximum atomic E-state index is 4.29. The number of aryl methyl sites for hydroxylation is 2. The molecule has 0 saturated carbocycles. The van der Waals surface area contributed by atoms with Gasteiger partial charge in [0.05, 0.1) is 11.4 Å². The molecule has 1 N–H and O–H groups in total. The van der Waals surface area contributed by atoms with Crippen LogP contribution in [0, 0.1) is 13.8 Å². The molecule has 0 fully saturated rings. The van der Waals surface area contributed by atoms with Gasteiger partial charge in [0.1, 0.15) is 0 Å². The van der Waals surface area contributed by atoms with E-state index in [-0.39, 0.29) is 0 Å². The largest absolute Gasteiger partial charge is 0.307 e. The smallest absolute Gasteiger partial charge is 0.0724 e. The molecule has 0 spiro atoms. The highest BCUT2D eigenvalue weighted by atomic mass is 14.9. The van der Waals surface area contributed by atoms with E-state index in [9.17, 15) is 0 Å². The van der Waals surface area contributed by atoms with Crippen LogP contribution in [0.2, 0.25) is 0 Å². The number of hydrogen-bond acceptors (Lipinski definition) is 4. The van der Waals surface area contributed by atoms with Crippen molar-refractivity contribution in [3.63, 3.8) is 0 Å². The van der Waals surface area contributed by atoms with E-state index in [1.54, 1.807) is 12.4 Å². The van der Waals surface area contributed by atoms with Gasteiger partial charge in [0, 0.05) is 37.9 Å². The van der Waals surface area contributed by atoms with Crippen molar-refractivity contribution in [3.05, 3.63) is 53.4 Å². The van der Waals surface area contributed by atoms with Crippen molar-refractivity contribution >= 4 is 0 Å². The molecule has 2 aromatic heterocycles. The van der Waals surface area contributed by atoms with E-state index in [4.69, 9.17) is 0 Å². The van der Waals surface area contributed by atoms with Crippen molar-refractivity contribution in [2.24, 2.45) is 0 Å². The third kappa shape index (κ3) is 3.32. The van der Waals surface area contributed by atoms with Gasteiger partial charge in [0.25, 0.3) is 0 Å². The lowest BCUT2D eigenvalue weighted by atomic mass is 10.1. The van der Waals surface area contributed by atoms with Crippen LogP contribution in [0.4, 0.5) is 0 Å². The summed E-state index contributed by atoms with van der Waals surface area (Å²) < 4.78 is 0. The van der Waals surface area contributed by atoms with Gasteiger partial charge in [-0.1, -0.05) is 0 Å². The van der Waals surface area contributed by atoms with Crippen LogP contribution < -0.4 is 5.32 Å². The molecule has 88 valence electrons. The first-order valence-electron chi connectivity index (χ1n) is 5.63. The summed E-state index contributed by atoms with van der Waals surface area (Å²) in [4.78, 5) is 12.6. The Bertz CT molecular complexity index is 479. The van der Waals surface area contributed by atoms with E-state index in [1.165, 1.54) is 11.1 Å². The lowest BCUT2D eigenvalue weighted by molar-refractivity contribution is 0.671. The van der Waals surface area contributed by atoms with Crippen LogP contribution >= 0.6 is 0 Å². The second-order valence-corrected chi connectivity index (χ2v) is 4.05. The van der Waals surface area contributed by atoms with Gasteiger partial charge in [-0.3, -0.25) is 15.0 Å². The number of aromatic nitrogens is 3. The second-order valence-electron chi connectivity index (χ2n) is 4.05. The van der Waals surface area contributed by atoms with Crippen molar-refractivity contribution < 1.29 is 0 Å². The normalized spacial score (nSPS) is 10.5. The fourth-order valence-corrected chi connectivity index (χ4v) is 1.52. The van der Waals surface area contributed by atoms with Crippen LogP contribution in [0.15, 0.2) is 30.9 Å². The standard InChI is InChI=1S/C13H16N4/c1-10-3-4-14-6-12(10)7-15-8-13-9-16-11(2)5-17-13/h3-6,9,15H,7-8H2,1-2H3. The molecule has 0 radical (unpaired) electrons. The Kier molecular flexibility index (Phi) is 3.77. The van der Waals surface area contributed by atoms with Gasteiger partial charge in [0.15, 0.2) is 0 Å². The molecule has 4 nitrogen and oxygen atoms in total. The molecule has 0 amide bonds. The van der Waals surface area contributed by atoms with E-state index < -0.39 is 0 Å². The van der Waals surface area contributed by atoms with E-state index in [1.807, 2.05) is 25.4 Å². The Balaban J connectivity index is 1.88. The maximum absolute atomic E-state index is 4.29. The van der Waals surface area contributed by atoms with Crippen LogP contribution in [0.3, 0.4) is 0 Å². The predicted molar refractivity (Wildman–Crippen MR) is 66.3 cm³/mol. The summed E-state index contributed by atoms with van der Waals surface area (Å²) in [6.45, 7) is 5.55. The third-order valence-corrected chi connectivity index (χ3v) is 2.60. The second kappa shape index (κ2) is 5.50. The van der Waals surface area contributed by atoms with Crippen molar-refractivity contribution in [1.29, 1.82) is 0 Å². The summed E-state index contributed by atoms with van der Waals surface area (Å²) in [5, 5.41) is 3.34. The fourth-order valence-electron chi connectivity index (χ4n) is 1.52. The average molecular weight is 228 g/mol. The number of hydrogen-bond donors (Lipinski definition) is 1. The highest BCUT2D eigenvalue weighted by molar-refractivity contribution is 5.21. The highest BCUT2D eigenvalue weighted by Crippen LogP contribution is 2.04. The zero-order valence-electron chi connectivity index (χ0n) is 10.1. The van der Waals surface area contributed by atoms with Gasteiger partial charge in [-0.05, 0) is 31.0 Å². The molecule has 0 aliphatic rings. The zero-order valence-corrected chi connectivity index (χ0v) is 10.1. The zero-order chi connectivity index (χ0) is 12.1. The third-order valence-electron chi connectivity index (χ3n) is 2.60. The molecule has 4 heteroatoms. The van der Waals surface area contributed by atoms with Gasteiger partial charge in [-0.25, -0.2) is 0 Å². The Morgan fingerprint density at radius 3 is 2.65 bits per heavy atom. The van der Waals surface area contributed by atoms with Gasteiger partial charge >= 0.3 is 0 Å². The molecule has 2 heterocycles. The highest BCUT2D eigenvalue weighted by Gasteiger charge is 1.98. The molecule has 2 aromatic rings. The molecular weight excluding hydrogens is 212 g/mol. The molecule has 0 aliphatic heterocycles. The fraction of sp³-hybridized carbons (Fsp3) is 0.308. The minimum Gasteiger partial charge on any atom is -0.307 e. The van der Waals surface area contributed by atoms with E-state index in [0.29, 0.717) is 0 Å². The minimum atomic E-state index is 0.724. The summed E-state index contributed by atoms with van der Waals surface area (Å²) in [5.41, 5.74) is 4.36. The Morgan fingerprint density at radius 1 is 1.06 bits per heavy atom. The van der Waals surface area contributed by atoms with Gasteiger partial charge < -0.3 is 5.32 Å². The number of rotatable bonds is 4. The Labute approximate surface area is 101 Å². The minimum absolute atomic E-state index is 0.724. The topological polar surface area (TPSA) is 50.7 Å². The summed E-state index contributed by atoms with van der Waals surface area (Å²) in [6.07, 6.45) is 7.29. The van der Waals surface area contributed by atoms with Crippen molar-refractivity contribution in [2.75, 3.05) is 0 Å².